The molecular formula is C46H46O6. The van der Waals surface area contributed by atoms with Gasteiger partial charge in [-0.2, -0.15) is 0 Å². The van der Waals surface area contributed by atoms with E-state index in [0.717, 1.165) is 95.6 Å². The Labute approximate surface area is 307 Å². The first kappa shape index (κ1) is 35.9. The highest BCUT2D eigenvalue weighted by atomic mass is 16.5. The van der Waals surface area contributed by atoms with E-state index in [-0.39, 0.29) is 0 Å². The predicted molar refractivity (Wildman–Crippen MR) is 207 cm³/mol. The highest BCUT2D eigenvalue weighted by Crippen LogP contribution is 2.32. The Morgan fingerprint density at radius 1 is 0.269 bits per heavy atom. The molecule has 0 unspecified atom stereocenters. The fraction of sp³-hybridized carbons (Fsp3) is 0.217. The molecule has 266 valence electrons. The lowest BCUT2D eigenvalue weighted by Gasteiger charge is -2.13. The summed E-state index contributed by atoms with van der Waals surface area (Å²) in [6.07, 6.45) is 5.18. The molecule has 6 heteroatoms. The summed E-state index contributed by atoms with van der Waals surface area (Å²) < 4.78 is 34.9. The van der Waals surface area contributed by atoms with Crippen LogP contribution < -0.4 is 28.4 Å². The van der Waals surface area contributed by atoms with Gasteiger partial charge in [0.2, 0.25) is 0 Å². The second-order valence-electron chi connectivity index (χ2n) is 12.7. The van der Waals surface area contributed by atoms with Gasteiger partial charge in [0.15, 0.2) is 0 Å². The van der Waals surface area contributed by atoms with Gasteiger partial charge in [-0.05, 0) is 145 Å². The molecule has 6 aromatic carbocycles. The molecule has 0 heterocycles. The Bertz CT molecular complexity index is 1920. The minimum atomic E-state index is 0.736. The maximum absolute atomic E-state index is 6.38. The van der Waals surface area contributed by atoms with E-state index < -0.39 is 0 Å². The van der Waals surface area contributed by atoms with Gasteiger partial charge >= 0.3 is 0 Å². The lowest BCUT2D eigenvalue weighted by molar-refractivity contribution is 0.407. The summed E-state index contributed by atoms with van der Waals surface area (Å²) in [5.41, 5.74) is 7.11. The van der Waals surface area contributed by atoms with Gasteiger partial charge in [-0.15, -0.1) is 0 Å². The monoisotopic (exact) mass is 694 g/mol. The van der Waals surface area contributed by atoms with Crippen molar-refractivity contribution >= 4 is 0 Å². The minimum absolute atomic E-state index is 0.736. The summed E-state index contributed by atoms with van der Waals surface area (Å²) in [7, 11) is 6.76. The van der Waals surface area contributed by atoms with Gasteiger partial charge < -0.3 is 28.4 Å². The third-order valence-electron chi connectivity index (χ3n) is 8.99. The van der Waals surface area contributed by atoms with Gasteiger partial charge in [-0.1, -0.05) is 48.5 Å². The Balaban J connectivity index is 1.10. The summed E-state index contributed by atoms with van der Waals surface area (Å²) >= 11 is 0. The Morgan fingerprint density at radius 3 is 0.885 bits per heavy atom. The Kier molecular flexibility index (Phi) is 12.3. The lowest BCUT2D eigenvalue weighted by atomic mass is 10.0. The van der Waals surface area contributed by atoms with Crippen LogP contribution >= 0.6 is 0 Å². The molecule has 0 aliphatic heterocycles. The highest BCUT2D eigenvalue weighted by Gasteiger charge is 2.10. The summed E-state index contributed by atoms with van der Waals surface area (Å²) in [6.45, 7) is 0. The molecule has 0 aliphatic rings. The van der Waals surface area contributed by atoms with Gasteiger partial charge in [0, 0.05) is 12.1 Å². The van der Waals surface area contributed by atoms with Crippen LogP contribution in [0.25, 0.3) is 0 Å². The number of benzene rings is 6. The SMILES string of the molecule is COc1cccc(CCc2cccc(Oc3cc(CCc4cc(OC)cc(Oc5cccc(CCc6cccc(OC)c6)c5)c4)cc(OC)c3)c2)c1. The number of aryl methyl sites for hydroxylation is 6. The van der Waals surface area contributed by atoms with E-state index >= 15 is 0 Å². The van der Waals surface area contributed by atoms with Crippen molar-refractivity contribution in [1.82, 2.24) is 0 Å². The van der Waals surface area contributed by atoms with Crippen molar-refractivity contribution < 1.29 is 28.4 Å². The zero-order chi connectivity index (χ0) is 36.1. The maximum Gasteiger partial charge on any atom is 0.131 e. The Hall–Kier alpha value is -5.88. The largest absolute Gasteiger partial charge is 0.497 e. The van der Waals surface area contributed by atoms with Gasteiger partial charge in [0.1, 0.15) is 46.0 Å². The molecular weight excluding hydrogens is 649 g/mol. The van der Waals surface area contributed by atoms with Crippen molar-refractivity contribution in [3.63, 3.8) is 0 Å². The third kappa shape index (κ3) is 10.3. The van der Waals surface area contributed by atoms with E-state index in [9.17, 15) is 0 Å². The fourth-order valence-electron chi connectivity index (χ4n) is 6.23. The van der Waals surface area contributed by atoms with Gasteiger partial charge in [0.25, 0.3) is 0 Å². The molecule has 0 saturated heterocycles. The fourth-order valence-corrected chi connectivity index (χ4v) is 6.23. The molecule has 6 rings (SSSR count). The van der Waals surface area contributed by atoms with Crippen molar-refractivity contribution in [3.05, 3.63) is 167 Å². The molecule has 0 aliphatic carbocycles. The van der Waals surface area contributed by atoms with Crippen LogP contribution in [0.15, 0.2) is 133 Å². The molecule has 0 saturated carbocycles. The molecule has 0 aromatic heterocycles. The van der Waals surface area contributed by atoms with E-state index in [1.165, 1.54) is 22.3 Å². The minimum Gasteiger partial charge on any atom is -0.497 e. The number of ether oxygens (including phenoxy) is 6. The summed E-state index contributed by atoms with van der Waals surface area (Å²) in [5, 5.41) is 0. The molecule has 6 aromatic rings. The molecule has 0 atom stereocenters. The van der Waals surface area contributed by atoms with Crippen molar-refractivity contribution in [2.45, 2.75) is 38.5 Å². The quantitative estimate of drug-likeness (QED) is 0.0947. The number of hydrogen-bond donors (Lipinski definition) is 0. The summed E-state index contributed by atoms with van der Waals surface area (Å²) in [6, 6.07) is 45.1. The van der Waals surface area contributed by atoms with Gasteiger partial charge in [0.05, 0.1) is 28.4 Å². The standard InChI is InChI=1S/C46H46O6/c1-47-39-13-5-9-33(23-39)17-19-35-11-7-15-41(25-35)51-45-29-37(27-43(31-45)49-3)21-22-38-28-44(50-4)32-46(30-38)52-42-16-8-12-36(26-42)20-18-34-10-6-14-40(24-34)48-2/h5-16,23-32H,17-22H2,1-4H3. The van der Waals surface area contributed by atoms with Crippen LogP contribution in [0.3, 0.4) is 0 Å². The Morgan fingerprint density at radius 2 is 0.538 bits per heavy atom. The molecule has 0 amide bonds. The van der Waals surface area contributed by atoms with Crippen LogP contribution in [0.4, 0.5) is 0 Å². The summed E-state index contributed by atoms with van der Waals surface area (Å²) in [4.78, 5) is 0. The van der Waals surface area contributed by atoms with Crippen molar-refractivity contribution in [2.75, 3.05) is 28.4 Å². The van der Waals surface area contributed by atoms with Crippen molar-refractivity contribution in [2.24, 2.45) is 0 Å². The first-order valence-electron chi connectivity index (χ1n) is 17.6. The number of methoxy groups -OCH3 is 4. The molecule has 0 spiro atoms. The zero-order valence-electron chi connectivity index (χ0n) is 30.4. The number of rotatable bonds is 17. The zero-order valence-corrected chi connectivity index (χ0v) is 30.4. The summed E-state index contributed by atoms with van der Waals surface area (Å²) in [5.74, 6) is 6.32. The van der Waals surface area contributed by atoms with Gasteiger partial charge in [-0.25, -0.2) is 0 Å². The van der Waals surface area contributed by atoms with E-state index in [2.05, 4.69) is 72.8 Å². The third-order valence-corrected chi connectivity index (χ3v) is 8.99. The van der Waals surface area contributed by atoms with Crippen LogP contribution in [-0.4, -0.2) is 28.4 Å². The average Bonchev–Trinajstić information content (AvgIpc) is 3.18. The number of hydrogen-bond acceptors (Lipinski definition) is 6. The predicted octanol–water partition coefficient (Wildman–Crippen LogP) is 10.7. The molecule has 0 bridgehead atoms. The van der Waals surface area contributed by atoms with Crippen LogP contribution in [0, 0.1) is 0 Å². The second-order valence-corrected chi connectivity index (χ2v) is 12.7. The molecule has 52 heavy (non-hydrogen) atoms. The van der Waals surface area contributed by atoms with Crippen molar-refractivity contribution in [1.29, 1.82) is 0 Å². The maximum atomic E-state index is 6.38. The van der Waals surface area contributed by atoms with E-state index in [1.807, 2.05) is 60.7 Å². The van der Waals surface area contributed by atoms with Crippen LogP contribution in [0.2, 0.25) is 0 Å². The molecule has 6 nitrogen and oxygen atoms in total. The highest BCUT2D eigenvalue weighted by molar-refractivity contribution is 5.45. The molecule has 0 N–H and O–H groups in total. The average molecular weight is 695 g/mol. The van der Waals surface area contributed by atoms with Crippen LogP contribution in [0.1, 0.15) is 33.4 Å². The second kappa shape index (κ2) is 17.9. The van der Waals surface area contributed by atoms with Gasteiger partial charge in [-0.3, -0.25) is 0 Å². The van der Waals surface area contributed by atoms with Crippen LogP contribution in [-0.2, 0) is 38.5 Å². The van der Waals surface area contributed by atoms with Crippen molar-refractivity contribution in [3.8, 4) is 46.0 Å². The first-order valence-corrected chi connectivity index (χ1v) is 17.6. The molecule has 0 radical (unpaired) electrons. The first-order chi connectivity index (χ1) is 25.5. The topological polar surface area (TPSA) is 55.4 Å². The van der Waals surface area contributed by atoms with E-state index in [0.29, 0.717) is 0 Å². The molecule has 0 fully saturated rings. The normalized spacial score (nSPS) is 10.8. The van der Waals surface area contributed by atoms with E-state index in [4.69, 9.17) is 28.4 Å². The lowest BCUT2D eigenvalue weighted by Crippen LogP contribution is -1.97. The van der Waals surface area contributed by atoms with E-state index in [1.54, 1.807) is 28.4 Å². The van der Waals surface area contributed by atoms with Crippen LogP contribution in [0.5, 0.6) is 46.0 Å². The smallest absolute Gasteiger partial charge is 0.131 e.